The van der Waals surface area contributed by atoms with E-state index in [9.17, 15) is 8.42 Å². The number of nitrogens with zero attached hydrogens (tertiary/aromatic N) is 1. The lowest BCUT2D eigenvalue weighted by Crippen LogP contribution is -3.17. The van der Waals surface area contributed by atoms with Crippen LogP contribution in [-0.4, -0.2) is 50.7 Å². The minimum absolute atomic E-state index is 0.297. The molecule has 0 radical (unpaired) electrons. The van der Waals surface area contributed by atoms with Crippen LogP contribution in [0.2, 0.25) is 0 Å². The Labute approximate surface area is 99.7 Å². The Hall–Kier alpha value is -0.130. The average molecular weight is 249 g/mol. The number of piperazine rings is 1. The van der Waals surface area contributed by atoms with Gasteiger partial charge in [-0.25, -0.2) is 8.42 Å². The first-order valence-electron chi connectivity index (χ1n) is 6.33. The number of hydrogen-bond acceptors (Lipinski definition) is 2. The van der Waals surface area contributed by atoms with Crippen molar-refractivity contribution in [2.45, 2.75) is 39.7 Å². The second-order valence-electron chi connectivity index (χ2n) is 4.68. The highest BCUT2D eigenvalue weighted by molar-refractivity contribution is 7.89. The zero-order valence-corrected chi connectivity index (χ0v) is 11.5. The molecule has 5 heteroatoms. The molecular weight excluding hydrogens is 224 g/mol. The van der Waals surface area contributed by atoms with Crippen molar-refractivity contribution in [3.63, 3.8) is 0 Å². The van der Waals surface area contributed by atoms with Crippen LogP contribution >= 0.6 is 0 Å². The van der Waals surface area contributed by atoms with Gasteiger partial charge in [0.1, 0.15) is 0 Å². The predicted molar refractivity (Wildman–Crippen MR) is 66.1 cm³/mol. The molecule has 0 aromatic rings. The van der Waals surface area contributed by atoms with Crippen LogP contribution < -0.4 is 4.90 Å². The Kier molecular flexibility index (Phi) is 5.21. The number of sulfonamides is 1. The van der Waals surface area contributed by atoms with E-state index in [0.29, 0.717) is 31.3 Å². The van der Waals surface area contributed by atoms with Crippen molar-refractivity contribution in [2.24, 2.45) is 0 Å². The van der Waals surface area contributed by atoms with E-state index in [1.807, 2.05) is 6.92 Å². The molecule has 0 amide bonds. The van der Waals surface area contributed by atoms with Gasteiger partial charge in [0, 0.05) is 0 Å². The molecule has 1 atom stereocenters. The summed E-state index contributed by atoms with van der Waals surface area (Å²) in [7, 11) is -2.97. The summed E-state index contributed by atoms with van der Waals surface area (Å²) >= 11 is 0. The van der Waals surface area contributed by atoms with E-state index in [1.165, 1.54) is 0 Å². The summed E-state index contributed by atoms with van der Waals surface area (Å²) in [4.78, 5) is 1.55. The van der Waals surface area contributed by atoms with Gasteiger partial charge in [-0.15, -0.1) is 0 Å². The smallest absolute Gasteiger partial charge is 0.214 e. The first kappa shape index (κ1) is 13.9. The van der Waals surface area contributed by atoms with Crippen molar-refractivity contribution >= 4 is 10.0 Å². The van der Waals surface area contributed by atoms with Crippen LogP contribution in [0.4, 0.5) is 0 Å². The Morgan fingerprint density at radius 3 is 2.25 bits per heavy atom. The fourth-order valence-corrected chi connectivity index (χ4v) is 3.73. The molecule has 0 aromatic heterocycles. The topological polar surface area (TPSA) is 41.8 Å². The highest BCUT2D eigenvalue weighted by atomic mass is 32.2. The third kappa shape index (κ3) is 3.43. The maximum Gasteiger partial charge on any atom is 0.214 e. The lowest BCUT2D eigenvalue weighted by atomic mass is 10.2. The van der Waals surface area contributed by atoms with E-state index < -0.39 is 10.0 Å². The van der Waals surface area contributed by atoms with Crippen molar-refractivity contribution in [1.82, 2.24) is 4.31 Å². The summed E-state index contributed by atoms with van der Waals surface area (Å²) < 4.78 is 25.4. The van der Waals surface area contributed by atoms with E-state index in [1.54, 1.807) is 9.21 Å². The fourth-order valence-electron chi connectivity index (χ4n) is 2.22. The lowest BCUT2D eigenvalue weighted by molar-refractivity contribution is -0.927. The van der Waals surface area contributed by atoms with E-state index in [2.05, 4.69) is 13.8 Å². The second-order valence-corrected chi connectivity index (χ2v) is 6.77. The standard InChI is InChI=1S/C11H24N2O2S/c1-4-10-16(14,15)13-8-6-12(7-9-13)11(3)5-2/h11H,4-10H2,1-3H3/p+1/t11-/m0/s1. The lowest BCUT2D eigenvalue weighted by Gasteiger charge is -2.34. The van der Waals surface area contributed by atoms with Gasteiger partial charge in [-0.1, -0.05) is 13.8 Å². The quantitative estimate of drug-likeness (QED) is 0.728. The van der Waals surface area contributed by atoms with Crippen LogP contribution in [0.5, 0.6) is 0 Å². The van der Waals surface area contributed by atoms with Crippen molar-refractivity contribution in [2.75, 3.05) is 31.9 Å². The summed E-state index contributed by atoms with van der Waals surface area (Å²) in [6.45, 7) is 9.65. The minimum Gasteiger partial charge on any atom is -0.331 e. The zero-order chi connectivity index (χ0) is 12.2. The van der Waals surface area contributed by atoms with Crippen molar-refractivity contribution in [3.8, 4) is 0 Å². The maximum atomic E-state index is 11.8. The molecule has 1 aliphatic rings. The van der Waals surface area contributed by atoms with Crippen LogP contribution in [0.15, 0.2) is 0 Å². The third-order valence-corrected chi connectivity index (χ3v) is 5.61. The van der Waals surface area contributed by atoms with Crippen LogP contribution in [0.25, 0.3) is 0 Å². The first-order chi connectivity index (χ1) is 7.51. The minimum atomic E-state index is -2.97. The maximum absolute atomic E-state index is 11.8. The van der Waals surface area contributed by atoms with Crippen molar-refractivity contribution in [3.05, 3.63) is 0 Å². The van der Waals surface area contributed by atoms with Crippen LogP contribution in [0, 0.1) is 0 Å². The Balaban J connectivity index is 2.49. The van der Waals surface area contributed by atoms with Gasteiger partial charge in [-0.3, -0.25) is 0 Å². The number of quaternary nitrogens is 1. The number of nitrogens with one attached hydrogen (secondary N) is 1. The molecule has 1 fully saturated rings. The Bertz CT molecular complexity index is 295. The summed E-state index contributed by atoms with van der Waals surface area (Å²) in [5, 5.41) is 0. The molecule has 1 rings (SSSR count). The molecule has 0 saturated carbocycles. The Morgan fingerprint density at radius 2 is 1.81 bits per heavy atom. The Morgan fingerprint density at radius 1 is 1.25 bits per heavy atom. The predicted octanol–water partition coefficient (Wildman–Crippen LogP) is -0.275. The van der Waals surface area contributed by atoms with Gasteiger partial charge in [0.25, 0.3) is 0 Å². The fraction of sp³-hybridized carbons (Fsp3) is 1.00. The van der Waals surface area contributed by atoms with Crippen molar-refractivity contribution in [1.29, 1.82) is 0 Å². The summed E-state index contributed by atoms with van der Waals surface area (Å²) in [6.07, 6.45) is 1.87. The molecule has 1 saturated heterocycles. The summed E-state index contributed by atoms with van der Waals surface area (Å²) in [6, 6.07) is 0.649. The van der Waals surface area contributed by atoms with Crippen LogP contribution in [-0.2, 0) is 10.0 Å². The van der Waals surface area contributed by atoms with Gasteiger partial charge >= 0.3 is 0 Å². The van der Waals surface area contributed by atoms with E-state index >= 15 is 0 Å². The molecule has 1 aliphatic heterocycles. The van der Waals surface area contributed by atoms with E-state index in [-0.39, 0.29) is 0 Å². The molecule has 16 heavy (non-hydrogen) atoms. The molecule has 4 nitrogen and oxygen atoms in total. The normalized spacial score (nSPS) is 22.2. The third-order valence-electron chi connectivity index (χ3n) is 3.53. The largest absolute Gasteiger partial charge is 0.331 e. The van der Waals surface area contributed by atoms with Gasteiger partial charge in [0.2, 0.25) is 10.0 Å². The summed E-state index contributed by atoms with van der Waals surface area (Å²) in [5.74, 6) is 0.297. The summed E-state index contributed by atoms with van der Waals surface area (Å²) in [5.41, 5.74) is 0. The van der Waals surface area contributed by atoms with Crippen LogP contribution in [0.1, 0.15) is 33.6 Å². The van der Waals surface area contributed by atoms with Gasteiger partial charge in [0.05, 0.1) is 38.0 Å². The molecule has 1 heterocycles. The zero-order valence-electron chi connectivity index (χ0n) is 10.7. The number of rotatable bonds is 5. The number of hydrogen-bond donors (Lipinski definition) is 1. The van der Waals surface area contributed by atoms with Gasteiger partial charge in [-0.2, -0.15) is 4.31 Å². The first-order valence-corrected chi connectivity index (χ1v) is 7.94. The molecule has 1 N–H and O–H groups in total. The van der Waals surface area contributed by atoms with Crippen molar-refractivity contribution < 1.29 is 13.3 Å². The molecule has 0 spiro atoms. The molecule has 96 valence electrons. The molecule has 0 aromatic carbocycles. The van der Waals surface area contributed by atoms with E-state index in [0.717, 1.165) is 19.5 Å². The average Bonchev–Trinajstić information content (AvgIpc) is 2.28. The van der Waals surface area contributed by atoms with Gasteiger partial charge in [-0.05, 0) is 19.8 Å². The molecule has 0 aliphatic carbocycles. The van der Waals surface area contributed by atoms with Gasteiger partial charge in [0.15, 0.2) is 0 Å². The second kappa shape index (κ2) is 5.98. The van der Waals surface area contributed by atoms with E-state index in [4.69, 9.17) is 0 Å². The molecule has 0 bridgehead atoms. The van der Waals surface area contributed by atoms with Gasteiger partial charge < -0.3 is 4.90 Å². The van der Waals surface area contributed by atoms with Crippen LogP contribution in [0.3, 0.4) is 0 Å². The molecule has 0 unspecified atom stereocenters. The highest BCUT2D eigenvalue weighted by Crippen LogP contribution is 2.03. The monoisotopic (exact) mass is 249 g/mol. The SMILES string of the molecule is CCCS(=O)(=O)N1CC[NH+]([C@@H](C)CC)CC1. The molecular formula is C11H25N2O2S+. The highest BCUT2D eigenvalue weighted by Gasteiger charge is 2.29.